The Morgan fingerprint density at radius 1 is 1.12 bits per heavy atom. The fourth-order valence-electron chi connectivity index (χ4n) is 1.61. The maximum Gasteiger partial charge on any atom is 0.336 e. The van der Waals surface area contributed by atoms with Crippen LogP contribution in [0.3, 0.4) is 0 Å². The summed E-state index contributed by atoms with van der Waals surface area (Å²) in [4.78, 5) is 11.0. The number of halogens is 1. The maximum atomic E-state index is 13.1. The van der Waals surface area contributed by atoms with Crippen LogP contribution in [-0.4, -0.2) is 16.2 Å². The van der Waals surface area contributed by atoms with Crippen LogP contribution in [0.4, 0.5) is 4.39 Å². The van der Waals surface area contributed by atoms with E-state index in [-0.39, 0.29) is 16.9 Å². The number of hydrogen-bond acceptors (Lipinski definition) is 2. The second-order valence-corrected chi connectivity index (χ2v) is 3.55. The molecular formula is C13H9FO3. The van der Waals surface area contributed by atoms with Crippen molar-refractivity contribution in [3.63, 3.8) is 0 Å². The van der Waals surface area contributed by atoms with Gasteiger partial charge in [0.15, 0.2) is 0 Å². The van der Waals surface area contributed by atoms with E-state index in [1.54, 1.807) is 6.07 Å². The summed E-state index contributed by atoms with van der Waals surface area (Å²) < 4.78 is 13.1. The molecule has 0 radical (unpaired) electrons. The van der Waals surface area contributed by atoms with Crippen LogP contribution < -0.4 is 0 Å². The lowest BCUT2D eigenvalue weighted by Gasteiger charge is -2.07. The molecular weight excluding hydrogens is 223 g/mol. The van der Waals surface area contributed by atoms with Gasteiger partial charge in [-0.05, 0) is 41.5 Å². The van der Waals surface area contributed by atoms with Gasteiger partial charge in [0.25, 0.3) is 0 Å². The topological polar surface area (TPSA) is 57.5 Å². The van der Waals surface area contributed by atoms with E-state index in [0.29, 0.717) is 5.56 Å². The number of phenolic OH excluding ortho intramolecular Hbond substituents is 1. The van der Waals surface area contributed by atoms with E-state index in [4.69, 9.17) is 5.11 Å². The molecule has 0 atom stereocenters. The number of hydrogen-bond donors (Lipinski definition) is 2. The zero-order chi connectivity index (χ0) is 12.4. The average molecular weight is 232 g/mol. The zero-order valence-electron chi connectivity index (χ0n) is 8.72. The van der Waals surface area contributed by atoms with Gasteiger partial charge >= 0.3 is 5.97 Å². The Kier molecular flexibility index (Phi) is 2.78. The summed E-state index contributed by atoms with van der Waals surface area (Å²) in [6.07, 6.45) is 0. The van der Waals surface area contributed by atoms with Crippen LogP contribution >= 0.6 is 0 Å². The predicted molar refractivity (Wildman–Crippen MR) is 60.5 cm³/mol. The molecule has 2 aromatic carbocycles. The van der Waals surface area contributed by atoms with Gasteiger partial charge in [-0.2, -0.15) is 0 Å². The molecule has 3 nitrogen and oxygen atoms in total. The summed E-state index contributed by atoms with van der Waals surface area (Å²) >= 11 is 0. The predicted octanol–water partition coefficient (Wildman–Crippen LogP) is 2.90. The second kappa shape index (κ2) is 4.25. The van der Waals surface area contributed by atoms with Crippen molar-refractivity contribution in [1.82, 2.24) is 0 Å². The van der Waals surface area contributed by atoms with E-state index in [1.165, 1.54) is 36.4 Å². The Hall–Kier alpha value is -2.36. The highest BCUT2D eigenvalue weighted by atomic mass is 19.1. The summed E-state index contributed by atoms with van der Waals surface area (Å²) in [5.41, 5.74) is 0.726. The first-order valence-corrected chi connectivity index (χ1v) is 4.90. The zero-order valence-corrected chi connectivity index (χ0v) is 8.72. The lowest BCUT2D eigenvalue weighted by molar-refractivity contribution is 0.0697. The summed E-state index contributed by atoms with van der Waals surface area (Å²) in [7, 11) is 0. The standard InChI is InChI=1S/C13H9FO3/c14-9-3-1-2-8(6-9)12-7-10(15)4-5-11(12)13(16)17/h1-7,15H,(H,16,17). The number of aromatic hydroxyl groups is 1. The van der Waals surface area contributed by atoms with Crippen molar-refractivity contribution in [3.05, 3.63) is 53.8 Å². The van der Waals surface area contributed by atoms with Crippen LogP contribution in [0.15, 0.2) is 42.5 Å². The Morgan fingerprint density at radius 3 is 2.53 bits per heavy atom. The van der Waals surface area contributed by atoms with Crippen molar-refractivity contribution in [3.8, 4) is 16.9 Å². The summed E-state index contributed by atoms with van der Waals surface area (Å²) in [5, 5.41) is 18.4. The minimum atomic E-state index is -1.12. The van der Waals surface area contributed by atoms with Gasteiger partial charge < -0.3 is 10.2 Å². The first-order chi connectivity index (χ1) is 8.08. The van der Waals surface area contributed by atoms with Gasteiger partial charge in [0.2, 0.25) is 0 Å². The minimum absolute atomic E-state index is 0.0217. The van der Waals surface area contributed by atoms with Crippen LogP contribution in [0.25, 0.3) is 11.1 Å². The Labute approximate surface area is 96.8 Å². The molecule has 0 saturated carbocycles. The van der Waals surface area contributed by atoms with Crippen molar-refractivity contribution in [2.45, 2.75) is 0 Å². The Balaban J connectivity index is 2.65. The molecule has 0 aromatic heterocycles. The molecule has 0 aliphatic heterocycles. The molecule has 0 spiro atoms. The quantitative estimate of drug-likeness (QED) is 0.836. The fraction of sp³-hybridized carbons (Fsp3) is 0. The van der Waals surface area contributed by atoms with Crippen molar-refractivity contribution in [2.24, 2.45) is 0 Å². The molecule has 0 bridgehead atoms. The largest absolute Gasteiger partial charge is 0.508 e. The van der Waals surface area contributed by atoms with E-state index in [1.807, 2.05) is 0 Å². The third-order valence-corrected chi connectivity index (χ3v) is 2.37. The minimum Gasteiger partial charge on any atom is -0.508 e. The third kappa shape index (κ3) is 2.25. The molecule has 86 valence electrons. The van der Waals surface area contributed by atoms with Crippen LogP contribution in [0, 0.1) is 5.82 Å². The molecule has 2 aromatic rings. The van der Waals surface area contributed by atoms with Gasteiger partial charge in [0, 0.05) is 0 Å². The molecule has 0 aliphatic rings. The van der Waals surface area contributed by atoms with Crippen LogP contribution in [-0.2, 0) is 0 Å². The smallest absolute Gasteiger partial charge is 0.336 e. The van der Waals surface area contributed by atoms with Gasteiger partial charge in [-0.15, -0.1) is 0 Å². The van der Waals surface area contributed by atoms with E-state index >= 15 is 0 Å². The number of rotatable bonds is 2. The van der Waals surface area contributed by atoms with E-state index in [0.717, 1.165) is 0 Å². The molecule has 0 saturated heterocycles. The van der Waals surface area contributed by atoms with Crippen LogP contribution in [0.5, 0.6) is 5.75 Å². The maximum absolute atomic E-state index is 13.1. The number of carboxylic acids is 1. The second-order valence-electron chi connectivity index (χ2n) is 3.55. The Morgan fingerprint density at radius 2 is 1.88 bits per heavy atom. The lowest BCUT2D eigenvalue weighted by atomic mass is 9.99. The summed E-state index contributed by atoms with van der Waals surface area (Å²) in [6.45, 7) is 0. The molecule has 0 heterocycles. The normalized spacial score (nSPS) is 10.2. The number of benzene rings is 2. The molecule has 0 unspecified atom stereocenters. The lowest BCUT2D eigenvalue weighted by Crippen LogP contribution is -1.99. The van der Waals surface area contributed by atoms with E-state index in [2.05, 4.69) is 0 Å². The highest BCUT2D eigenvalue weighted by Gasteiger charge is 2.12. The monoisotopic (exact) mass is 232 g/mol. The molecule has 0 fully saturated rings. The van der Waals surface area contributed by atoms with Gasteiger partial charge in [0.1, 0.15) is 11.6 Å². The SMILES string of the molecule is O=C(O)c1ccc(O)cc1-c1cccc(F)c1. The van der Waals surface area contributed by atoms with Crippen LogP contribution in [0.1, 0.15) is 10.4 Å². The van der Waals surface area contributed by atoms with Crippen molar-refractivity contribution in [2.75, 3.05) is 0 Å². The highest BCUT2D eigenvalue weighted by Crippen LogP contribution is 2.28. The van der Waals surface area contributed by atoms with Gasteiger partial charge in [-0.3, -0.25) is 0 Å². The van der Waals surface area contributed by atoms with Crippen molar-refractivity contribution < 1.29 is 19.4 Å². The number of carbonyl (C=O) groups is 1. The van der Waals surface area contributed by atoms with Crippen LogP contribution in [0.2, 0.25) is 0 Å². The Bertz CT molecular complexity index is 579. The van der Waals surface area contributed by atoms with E-state index in [9.17, 15) is 14.3 Å². The average Bonchev–Trinajstić information content (AvgIpc) is 2.28. The van der Waals surface area contributed by atoms with Crippen molar-refractivity contribution >= 4 is 5.97 Å². The molecule has 0 aliphatic carbocycles. The summed E-state index contributed by atoms with van der Waals surface area (Å²) in [6, 6.07) is 9.45. The first kappa shape index (κ1) is 11.1. The number of phenols is 1. The molecule has 4 heteroatoms. The summed E-state index contributed by atoms with van der Waals surface area (Å²) in [5.74, 6) is -1.64. The first-order valence-electron chi connectivity index (χ1n) is 4.90. The number of carboxylic acid groups (broad SMARTS) is 1. The van der Waals surface area contributed by atoms with Gasteiger partial charge in [0.05, 0.1) is 5.56 Å². The highest BCUT2D eigenvalue weighted by molar-refractivity contribution is 5.96. The molecule has 2 rings (SSSR count). The molecule has 2 N–H and O–H groups in total. The van der Waals surface area contributed by atoms with Gasteiger partial charge in [-0.25, -0.2) is 9.18 Å². The third-order valence-electron chi connectivity index (χ3n) is 2.37. The number of aromatic carboxylic acids is 1. The van der Waals surface area contributed by atoms with Crippen molar-refractivity contribution in [1.29, 1.82) is 0 Å². The van der Waals surface area contributed by atoms with Gasteiger partial charge in [-0.1, -0.05) is 12.1 Å². The fourth-order valence-corrected chi connectivity index (χ4v) is 1.61. The van der Waals surface area contributed by atoms with E-state index < -0.39 is 11.8 Å². The molecule has 0 amide bonds. The molecule has 17 heavy (non-hydrogen) atoms.